The Morgan fingerprint density at radius 3 is 2.67 bits per heavy atom. The van der Waals surface area contributed by atoms with E-state index in [9.17, 15) is 8.78 Å². The van der Waals surface area contributed by atoms with Crippen molar-refractivity contribution < 1.29 is 8.78 Å². The monoisotopic (exact) mass is 265 g/mol. The summed E-state index contributed by atoms with van der Waals surface area (Å²) < 4.78 is 26.3. The van der Waals surface area contributed by atoms with Gasteiger partial charge in [-0.15, -0.1) is 0 Å². The van der Waals surface area contributed by atoms with Crippen molar-refractivity contribution in [2.75, 3.05) is 11.9 Å². The van der Waals surface area contributed by atoms with Gasteiger partial charge in [-0.25, -0.2) is 8.78 Å². The summed E-state index contributed by atoms with van der Waals surface area (Å²) in [5.41, 5.74) is 3.56. The third-order valence-electron chi connectivity index (χ3n) is 3.14. The fourth-order valence-corrected chi connectivity index (χ4v) is 2.46. The minimum atomic E-state index is -0.928. The van der Waals surface area contributed by atoms with Crippen LogP contribution in [-0.2, 0) is 6.42 Å². The maximum absolute atomic E-state index is 13.3. The second-order valence-corrected chi connectivity index (χ2v) is 4.70. The topological polar surface area (TPSA) is 12.0 Å². The molecule has 0 saturated heterocycles. The van der Waals surface area contributed by atoms with E-state index in [2.05, 4.69) is 5.32 Å². The lowest BCUT2D eigenvalue weighted by molar-refractivity contribution is 0.509. The first-order valence-electron chi connectivity index (χ1n) is 5.67. The van der Waals surface area contributed by atoms with Crippen LogP contribution in [0.15, 0.2) is 30.3 Å². The Bertz CT molecular complexity index is 625. The molecule has 1 N–H and O–H groups in total. The van der Waals surface area contributed by atoms with Crippen LogP contribution in [0.4, 0.5) is 14.5 Å². The van der Waals surface area contributed by atoms with E-state index < -0.39 is 11.6 Å². The van der Waals surface area contributed by atoms with Gasteiger partial charge in [-0.3, -0.25) is 0 Å². The maximum Gasteiger partial charge on any atom is 0.160 e. The molecule has 0 amide bonds. The molecule has 2 aromatic rings. The number of fused-ring (bicyclic) bond motifs is 1. The molecular weight excluding hydrogens is 256 g/mol. The van der Waals surface area contributed by atoms with Gasteiger partial charge in [0.15, 0.2) is 11.6 Å². The molecule has 2 aromatic carbocycles. The van der Waals surface area contributed by atoms with Crippen molar-refractivity contribution in [3.05, 3.63) is 52.6 Å². The molecule has 0 aliphatic carbocycles. The highest BCUT2D eigenvalue weighted by Crippen LogP contribution is 2.33. The Kier molecular flexibility index (Phi) is 2.71. The zero-order valence-corrected chi connectivity index (χ0v) is 10.2. The Balaban J connectivity index is 2.12. The summed E-state index contributed by atoms with van der Waals surface area (Å²) in [6, 6.07) is 7.93. The molecule has 0 bridgehead atoms. The van der Waals surface area contributed by atoms with E-state index >= 15 is 0 Å². The first-order valence-corrected chi connectivity index (χ1v) is 6.04. The largest absolute Gasteiger partial charge is 0.384 e. The molecule has 18 heavy (non-hydrogen) atoms. The zero-order valence-electron chi connectivity index (χ0n) is 9.43. The van der Waals surface area contributed by atoms with E-state index in [0.29, 0.717) is 5.56 Å². The standard InChI is InChI=1S/C14H10ClF2N/c15-11-7-13(17)12(16)6-10(11)9-2-1-8-3-4-18-14(8)5-9/h1-2,5-7,18H,3-4H2. The molecule has 0 unspecified atom stereocenters. The fraction of sp³-hybridized carbons (Fsp3) is 0.143. The lowest BCUT2D eigenvalue weighted by Crippen LogP contribution is -1.91. The smallest absolute Gasteiger partial charge is 0.160 e. The molecule has 1 aliphatic heterocycles. The number of halogens is 3. The average Bonchev–Trinajstić information content (AvgIpc) is 2.80. The van der Waals surface area contributed by atoms with E-state index in [4.69, 9.17) is 11.6 Å². The van der Waals surface area contributed by atoms with E-state index in [1.807, 2.05) is 18.2 Å². The number of nitrogens with one attached hydrogen (secondary N) is 1. The van der Waals surface area contributed by atoms with Gasteiger partial charge in [-0.2, -0.15) is 0 Å². The third kappa shape index (κ3) is 1.85. The van der Waals surface area contributed by atoms with Crippen LogP contribution in [0.25, 0.3) is 11.1 Å². The summed E-state index contributed by atoms with van der Waals surface area (Å²) in [5, 5.41) is 3.46. The molecule has 0 radical (unpaired) electrons. The molecule has 0 aromatic heterocycles. The van der Waals surface area contributed by atoms with Crippen molar-refractivity contribution in [1.29, 1.82) is 0 Å². The molecule has 92 valence electrons. The molecule has 0 spiro atoms. The normalized spacial score (nSPS) is 13.3. The Morgan fingerprint density at radius 2 is 1.83 bits per heavy atom. The molecule has 3 rings (SSSR count). The van der Waals surface area contributed by atoms with E-state index in [0.717, 1.165) is 36.3 Å². The van der Waals surface area contributed by atoms with Crippen molar-refractivity contribution in [2.45, 2.75) is 6.42 Å². The zero-order chi connectivity index (χ0) is 12.7. The Hall–Kier alpha value is -1.61. The lowest BCUT2D eigenvalue weighted by Gasteiger charge is -2.08. The summed E-state index contributed by atoms with van der Waals surface area (Å²) in [5.74, 6) is -1.81. The van der Waals surface area contributed by atoms with Crippen LogP contribution < -0.4 is 5.32 Å². The van der Waals surface area contributed by atoms with Crippen LogP contribution in [0.1, 0.15) is 5.56 Å². The first kappa shape index (κ1) is 11.5. The van der Waals surface area contributed by atoms with Crippen LogP contribution in [0, 0.1) is 11.6 Å². The Labute approximate surface area is 108 Å². The van der Waals surface area contributed by atoms with Gasteiger partial charge >= 0.3 is 0 Å². The minimum Gasteiger partial charge on any atom is -0.384 e. The van der Waals surface area contributed by atoms with Crippen molar-refractivity contribution in [3.63, 3.8) is 0 Å². The van der Waals surface area contributed by atoms with Crippen LogP contribution in [0.3, 0.4) is 0 Å². The van der Waals surface area contributed by atoms with Gasteiger partial charge in [0, 0.05) is 17.8 Å². The van der Waals surface area contributed by atoms with Crippen LogP contribution in [0.2, 0.25) is 5.02 Å². The van der Waals surface area contributed by atoms with Gasteiger partial charge in [-0.05, 0) is 35.7 Å². The van der Waals surface area contributed by atoms with Crippen molar-refractivity contribution >= 4 is 17.3 Å². The number of anilines is 1. The summed E-state index contributed by atoms with van der Waals surface area (Å²) in [6.45, 7) is 0.907. The molecule has 0 saturated carbocycles. The van der Waals surface area contributed by atoms with E-state index in [1.165, 1.54) is 5.56 Å². The predicted octanol–water partition coefficient (Wildman–Crippen LogP) is 4.25. The van der Waals surface area contributed by atoms with Gasteiger partial charge in [0.25, 0.3) is 0 Å². The highest BCUT2D eigenvalue weighted by atomic mass is 35.5. The average molecular weight is 266 g/mol. The lowest BCUT2D eigenvalue weighted by atomic mass is 10.0. The molecule has 1 heterocycles. The molecule has 4 heteroatoms. The third-order valence-corrected chi connectivity index (χ3v) is 3.45. The second-order valence-electron chi connectivity index (χ2n) is 4.29. The van der Waals surface area contributed by atoms with Crippen molar-refractivity contribution in [1.82, 2.24) is 0 Å². The first-order chi connectivity index (χ1) is 8.65. The summed E-state index contributed by atoms with van der Waals surface area (Å²) in [4.78, 5) is 0. The van der Waals surface area contributed by atoms with Crippen LogP contribution in [-0.4, -0.2) is 6.54 Å². The minimum absolute atomic E-state index is 0.215. The SMILES string of the molecule is Fc1cc(Cl)c(-c2ccc3c(c2)NCC3)cc1F. The van der Waals surface area contributed by atoms with Gasteiger partial charge in [-0.1, -0.05) is 23.7 Å². The molecule has 1 aliphatic rings. The predicted molar refractivity (Wildman–Crippen MR) is 69.0 cm³/mol. The second kappa shape index (κ2) is 4.25. The number of hydrogen-bond donors (Lipinski definition) is 1. The van der Waals surface area contributed by atoms with E-state index in [-0.39, 0.29) is 5.02 Å². The highest BCUT2D eigenvalue weighted by Gasteiger charge is 2.14. The van der Waals surface area contributed by atoms with Crippen molar-refractivity contribution in [3.8, 4) is 11.1 Å². The molecular formula is C14H10ClF2N. The summed E-state index contributed by atoms with van der Waals surface area (Å²) >= 11 is 5.96. The van der Waals surface area contributed by atoms with Gasteiger partial charge in [0.05, 0.1) is 5.02 Å². The van der Waals surface area contributed by atoms with Crippen molar-refractivity contribution in [2.24, 2.45) is 0 Å². The number of benzene rings is 2. The van der Waals surface area contributed by atoms with Gasteiger partial charge < -0.3 is 5.32 Å². The molecule has 0 fully saturated rings. The number of hydrogen-bond acceptors (Lipinski definition) is 1. The maximum atomic E-state index is 13.3. The van der Waals surface area contributed by atoms with Gasteiger partial charge in [0.2, 0.25) is 0 Å². The number of rotatable bonds is 1. The van der Waals surface area contributed by atoms with E-state index in [1.54, 1.807) is 0 Å². The highest BCUT2D eigenvalue weighted by molar-refractivity contribution is 6.33. The fourth-order valence-electron chi connectivity index (χ4n) is 2.20. The quantitative estimate of drug-likeness (QED) is 0.760. The Morgan fingerprint density at radius 1 is 1.06 bits per heavy atom. The molecule has 0 atom stereocenters. The molecule has 1 nitrogen and oxygen atoms in total. The van der Waals surface area contributed by atoms with Crippen LogP contribution >= 0.6 is 11.6 Å². The van der Waals surface area contributed by atoms with Crippen LogP contribution in [0.5, 0.6) is 0 Å². The summed E-state index contributed by atoms with van der Waals surface area (Å²) in [6.07, 6.45) is 0.987. The van der Waals surface area contributed by atoms with Gasteiger partial charge in [0.1, 0.15) is 0 Å². The summed E-state index contributed by atoms with van der Waals surface area (Å²) in [7, 11) is 0.